The number of nitrogens with zero attached hydrogens (tertiary/aromatic N) is 1. The van der Waals surface area contributed by atoms with Gasteiger partial charge in [-0.15, -0.1) is 0 Å². The molecular weight excluding hydrogens is 210 g/mol. The van der Waals surface area contributed by atoms with Crippen molar-refractivity contribution < 1.29 is 19.1 Å². The average molecular weight is 223 g/mol. The molecule has 0 aliphatic carbocycles. The molecule has 0 saturated carbocycles. The topological polar surface area (TPSA) is 70.8 Å². The van der Waals surface area contributed by atoms with E-state index in [2.05, 4.69) is 0 Å². The molecule has 86 valence electrons. The van der Waals surface area contributed by atoms with Crippen molar-refractivity contribution in [3.05, 3.63) is 24.2 Å². The van der Waals surface area contributed by atoms with Gasteiger partial charge in [0.1, 0.15) is 6.26 Å². The number of carbonyl (C=O) groups is 2. The van der Waals surface area contributed by atoms with Gasteiger partial charge in [0.2, 0.25) is 0 Å². The lowest BCUT2D eigenvalue weighted by Crippen LogP contribution is -2.36. The maximum Gasteiger partial charge on any atom is 0.305 e. The average Bonchev–Trinajstić information content (AvgIpc) is 2.84. The third-order valence-electron chi connectivity index (χ3n) is 2.82. The minimum Gasteiger partial charge on any atom is -0.481 e. The highest BCUT2D eigenvalue weighted by Gasteiger charge is 2.31. The van der Waals surface area contributed by atoms with E-state index in [4.69, 9.17) is 9.52 Å². The Morgan fingerprint density at radius 1 is 1.56 bits per heavy atom. The predicted octanol–water partition coefficient (Wildman–Crippen LogP) is 1.36. The molecule has 1 saturated heterocycles. The zero-order valence-electron chi connectivity index (χ0n) is 8.76. The molecule has 1 N–H and O–H groups in total. The summed E-state index contributed by atoms with van der Waals surface area (Å²) in [4.78, 5) is 24.3. The summed E-state index contributed by atoms with van der Waals surface area (Å²) >= 11 is 0. The fourth-order valence-electron chi connectivity index (χ4n) is 2.07. The van der Waals surface area contributed by atoms with Crippen LogP contribution in [-0.2, 0) is 4.79 Å². The van der Waals surface area contributed by atoms with E-state index in [1.54, 1.807) is 11.0 Å². The lowest BCUT2D eigenvalue weighted by atomic mass is 10.1. The molecule has 1 aliphatic rings. The summed E-state index contributed by atoms with van der Waals surface area (Å²) in [6.07, 6.45) is 4.47. The van der Waals surface area contributed by atoms with Crippen LogP contribution in [0.2, 0.25) is 0 Å². The predicted molar refractivity (Wildman–Crippen MR) is 55.0 cm³/mol. The highest BCUT2D eigenvalue weighted by molar-refractivity contribution is 5.94. The summed E-state index contributed by atoms with van der Waals surface area (Å²) in [5.41, 5.74) is 0.484. The first-order valence-electron chi connectivity index (χ1n) is 5.23. The third-order valence-corrected chi connectivity index (χ3v) is 2.82. The van der Waals surface area contributed by atoms with Gasteiger partial charge in [-0.2, -0.15) is 0 Å². The number of carbonyl (C=O) groups excluding carboxylic acids is 1. The number of carboxylic acid groups (broad SMARTS) is 1. The molecule has 0 aromatic carbocycles. The number of aliphatic carboxylic acids is 1. The van der Waals surface area contributed by atoms with Crippen molar-refractivity contribution in [1.29, 1.82) is 0 Å². The molecule has 2 heterocycles. The van der Waals surface area contributed by atoms with Crippen molar-refractivity contribution in [2.45, 2.75) is 25.3 Å². The Morgan fingerprint density at radius 2 is 2.38 bits per heavy atom. The Hall–Kier alpha value is -1.78. The highest BCUT2D eigenvalue weighted by Crippen LogP contribution is 2.22. The largest absolute Gasteiger partial charge is 0.481 e. The van der Waals surface area contributed by atoms with Gasteiger partial charge in [-0.1, -0.05) is 0 Å². The molecule has 0 spiro atoms. The van der Waals surface area contributed by atoms with Gasteiger partial charge >= 0.3 is 5.97 Å². The van der Waals surface area contributed by atoms with Crippen LogP contribution in [0, 0.1) is 0 Å². The van der Waals surface area contributed by atoms with Crippen molar-refractivity contribution in [2.75, 3.05) is 6.54 Å². The summed E-state index contributed by atoms with van der Waals surface area (Å²) in [6, 6.07) is 1.42. The standard InChI is InChI=1S/C11H13NO4/c13-10(14)6-9-2-1-4-12(9)11(15)8-3-5-16-7-8/h3,5,7,9H,1-2,4,6H2,(H,13,14). The molecule has 1 fully saturated rings. The summed E-state index contributed by atoms with van der Waals surface area (Å²) in [6.45, 7) is 0.627. The third kappa shape index (κ3) is 2.08. The maximum absolute atomic E-state index is 12.0. The molecule has 1 amide bonds. The van der Waals surface area contributed by atoms with Crippen LogP contribution in [0.25, 0.3) is 0 Å². The smallest absolute Gasteiger partial charge is 0.305 e. The fraction of sp³-hybridized carbons (Fsp3) is 0.455. The second kappa shape index (κ2) is 4.38. The van der Waals surface area contributed by atoms with E-state index in [1.807, 2.05) is 0 Å². The zero-order valence-corrected chi connectivity index (χ0v) is 8.76. The molecule has 16 heavy (non-hydrogen) atoms. The summed E-state index contributed by atoms with van der Waals surface area (Å²) in [7, 11) is 0. The van der Waals surface area contributed by atoms with Crippen molar-refractivity contribution >= 4 is 11.9 Å². The van der Waals surface area contributed by atoms with Gasteiger partial charge in [-0.3, -0.25) is 9.59 Å². The number of rotatable bonds is 3. The molecule has 1 aliphatic heterocycles. The van der Waals surface area contributed by atoms with Gasteiger partial charge < -0.3 is 14.4 Å². The summed E-state index contributed by atoms with van der Waals surface area (Å²) in [5, 5.41) is 8.75. The quantitative estimate of drug-likeness (QED) is 0.839. The Labute approximate surface area is 92.7 Å². The van der Waals surface area contributed by atoms with Crippen molar-refractivity contribution in [3.63, 3.8) is 0 Å². The first-order chi connectivity index (χ1) is 7.68. The summed E-state index contributed by atoms with van der Waals surface area (Å²) in [5.74, 6) is -1.01. The lowest BCUT2D eigenvalue weighted by Gasteiger charge is -2.22. The van der Waals surface area contributed by atoms with E-state index in [0.717, 1.165) is 12.8 Å². The van der Waals surface area contributed by atoms with E-state index in [-0.39, 0.29) is 18.4 Å². The molecule has 1 aromatic heterocycles. The number of amides is 1. The van der Waals surface area contributed by atoms with Crippen LogP contribution in [0.3, 0.4) is 0 Å². The minimum atomic E-state index is -0.864. The van der Waals surface area contributed by atoms with E-state index in [0.29, 0.717) is 12.1 Å². The van der Waals surface area contributed by atoms with Crippen LogP contribution >= 0.6 is 0 Å². The van der Waals surface area contributed by atoms with Crippen molar-refractivity contribution in [1.82, 2.24) is 4.90 Å². The van der Waals surface area contributed by atoms with Crippen LogP contribution in [0.4, 0.5) is 0 Å². The van der Waals surface area contributed by atoms with E-state index in [9.17, 15) is 9.59 Å². The van der Waals surface area contributed by atoms with Crippen LogP contribution < -0.4 is 0 Å². The first kappa shape index (κ1) is 10.7. The normalized spacial score (nSPS) is 20.0. The van der Waals surface area contributed by atoms with Crippen LogP contribution in [-0.4, -0.2) is 34.5 Å². The van der Waals surface area contributed by atoms with Crippen molar-refractivity contribution in [2.24, 2.45) is 0 Å². The van der Waals surface area contributed by atoms with Gasteiger partial charge in [-0.05, 0) is 18.9 Å². The Balaban J connectivity index is 2.08. The lowest BCUT2D eigenvalue weighted by molar-refractivity contribution is -0.137. The van der Waals surface area contributed by atoms with Gasteiger partial charge in [0.15, 0.2) is 0 Å². The number of hydrogen-bond donors (Lipinski definition) is 1. The maximum atomic E-state index is 12.0. The van der Waals surface area contributed by atoms with Gasteiger partial charge in [0.05, 0.1) is 18.2 Å². The molecule has 1 unspecified atom stereocenters. The SMILES string of the molecule is O=C(O)CC1CCCN1C(=O)c1ccoc1. The molecule has 5 heteroatoms. The number of likely N-dealkylation sites (tertiary alicyclic amines) is 1. The van der Waals surface area contributed by atoms with Gasteiger partial charge in [0, 0.05) is 12.6 Å². The molecule has 0 bridgehead atoms. The van der Waals surface area contributed by atoms with Crippen molar-refractivity contribution in [3.8, 4) is 0 Å². The Morgan fingerprint density at radius 3 is 3.00 bits per heavy atom. The number of carboxylic acids is 1. The van der Waals surface area contributed by atoms with Crippen LogP contribution in [0.15, 0.2) is 23.0 Å². The minimum absolute atomic E-state index is 0.0175. The number of hydrogen-bond acceptors (Lipinski definition) is 3. The molecule has 2 rings (SSSR count). The van der Waals surface area contributed by atoms with E-state index in [1.165, 1.54) is 12.5 Å². The van der Waals surface area contributed by atoms with E-state index >= 15 is 0 Å². The van der Waals surface area contributed by atoms with Gasteiger partial charge in [0.25, 0.3) is 5.91 Å². The second-order valence-electron chi connectivity index (χ2n) is 3.90. The molecule has 5 nitrogen and oxygen atoms in total. The van der Waals surface area contributed by atoms with Crippen LogP contribution in [0.1, 0.15) is 29.6 Å². The Kier molecular flexibility index (Phi) is 2.94. The molecular formula is C11H13NO4. The molecule has 1 aromatic rings. The Bertz CT molecular complexity index is 385. The summed E-state index contributed by atoms with van der Waals surface area (Å²) < 4.78 is 4.85. The molecule has 0 radical (unpaired) electrons. The number of furan rings is 1. The van der Waals surface area contributed by atoms with Gasteiger partial charge in [-0.25, -0.2) is 0 Å². The van der Waals surface area contributed by atoms with Crippen LogP contribution in [0.5, 0.6) is 0 Å². The monoisotopic (exact) mass is 223 g/mol. The second-order valence-corrected chi connectivity index (χ2v) is 3.90. The zero-order chi connectivity index (χ0) is 11.5. The molecule has 1 atom stereocenters. The van der Waals surface area contributed by atoms with E-state index < -0.39 is 5.97 Å². The fourth-order valence-corrected chi connectivity index (χ4v) is 2.07. The first-order valence-corrected chi connectivity index (χ1v) is 5.23. The highest BCUT2D eigenvalue weighted by atomic mass is 16.4.